The first-order valence-corrected chi connectivity index (χ1v) is 10.2. The molecule has 0 bridgehead atoms. The number of carbonyl (C=O) groups is 2. The summed E-state index contributed by atoms with van der Waals surface area (Å²) in [5.41, 5.74) is 16.9. The van der Waals surface area contributed by atoms with E-state index in [-0.39, 0.29) is 29.3 Å². The third kappa shape index (κ3) is 4.01. The molecule has 2 aromatic rings. The van der Waals surface area contributed by atoms with Gasteiger partial charge in [0.25, 0.3) is 5.91 Å². The number of nitrogens with two attached hydrogens (primary N) is 3. The van der Waals surface area contributed by atoms with Gasteiger partial charge in [0, 0.05) is 22.7 Å². The Kier molecular flexibility index (Phi) is 5.33. The largest absolute Gasteiger partial charge is 0.492 e. The van der Waals surface area contributed by atoms with Crippen molar-refractivity contribution < 1.29 is 23.4 Å². The molecule has 0 spiro atoms. The zero-order chi connectivity index (χ0) is 22.3. The molecule has 160 valence electrons. The fourth-order valence-electron chi connectivity index (χ4n) is 3.22. The van der Waals surface area contributed by atoms with Crippen LogP contribution in [0.15, 0.2) is 34.9 Å². The first-order valence-electron chi connectivity index (χ1n) is 8.69. The second kappa shape index (κ2) is 7.48. The van der Waals surface area contributed by atoms with Gasteiger partial charge in [-0.3, -0.25) is 28.4 Å². The van der Waals surface area contributed by atoms with E-state index in [9.17, 15) is 18.7 Å². The van der Waals surface area contributed by atoms with Gasteiger partial charge in [-0.25, -0.2) is 0 Å². The normalized spacial score (nSPS) is 15.9. The molecule has 9 N–H and O–H groups in total. The highest BCUT2D eigenvalue weighted by Gasteiger charge is 2.33. The number of ether oxygens (including phenoxy) is 1. The minimum atomic E-state index is -3.43. The third-order valence-corrected chi connectivity index (χ3v) is 5.42. The molecule has 0 atom stereocenters. The maximum absolute atomic E-state index is 11.9. The molecule has 2 amide bonds. The summed E-state index contributed by atoms with van der Waals surface area (Å²) >= 11 is 0. The highest BCUT2D eigenvalue weighted by molar-refractivity contribution is 8.24. The van der Waals surface area contributed by atoms with Crippen molar-refractivity contribution in [2.75, 3.05) is 11.3 Å². The number of hydrogen-bond acceptors (Lipinski definition) is 9. The van der Waals surface area contributed by atoms with Gasteiger partial charge in [-0.2, -0.15) is 0 Å². The van der Waals surface area contributed by atoms with Crippen LogP contribution in [0, 0.1) is 0 Å². The molecular weight excluding hydrogens is 412 g/mol. The van der Waals surface area contributed by atoms with E-state index in [2.05, 4.69) is 14.1 Å². The van der Waals surface area contributed by atoms with Crippen LogP contribution in [0.25, 0.3) is 0 Å². The van der Waals surface area contributed by atoms with Crippen molar-refractivity contribution >= 4 is 34.3 Å². The van der Waals surface area contributed by atoms with Crippen LogP contribution in [0.1, 0.15) is 45.8 Å². The number of hydrogen-bond donors (Lipinski definition) is 6. The minimum absolute atomic E-state index is 0.0146. The number of nitrogens with one attached hydrogen (secondary N) is 1. The number of aromatic nitrogens is 1. The highest BCUT2D eigenvalue weighted by atomic mass is 32.3. The van der Waals surface area contributed by atoms with Gasteiger partial charge in [0.15, 0.2) is 5.84 Å². The number of rotatable bonds is 6. The predicted octanol–water partition coefficient (Wildman–Crippen LogP) is 1.35. The fraction of sp³-hybridized carbons (Fsp3) is 0.222. The molecule has 3 rings (SSSR count). The lowest BCUT2D eigenvalue weighted by atomic mass is 9.81. The first-order chi connectivity index (χ1) is 13.9. The van der Waals surface area contributed by atoms with Crippen LogP contribution in [0.2, 0.25) is 0 Å². The Morgan fingerprint density at radius 1 is 1.20 bits per heavy atom. The van der Waals surface area contributed by atoms with Crippen LogP contribution >= 0.6 is 11.0 Å². The SMILES string of the molecule is CC(C)(COc1cccc2c1C(N)=NS(O)(O)N2)c1c(C(N)=O)ccnc1C(N)=O. The molecule has 30 heavy (non-hydrogen) atoms. The van der Waals surface area contributed by atoms with E-state index in [1.807, 2.05) is 0 Å². The Balaban J connectivity index is 1.99. The van der Waals surface area contributed by atoms with Crippen LogP contribution in [0.4, 0.5) is 5.69 Å². The zero-order valence-corrected chi connectivity index (χ0v) is 17.1. The maximum atomic E-state index is 11.9. The lowest BCUT2D eigenvalue weighted by Gasteiger charge is -2.34. The molecule has 0 radical (unpaired) electrons. The van der Waals surface area contributed by atoms with E-state index < -0.39 is 28.2 Å². The summed E-state index contributed by atoms with van der Waals surface area (Å²) in [4.78, 5) is 27.8. The van der Waals surface area contributed by atoms with Crippen LogP contribution < -0.4 is 26.7 Å². The van der Waals surface area contributed by atoms with Crippen LogP contribution in [0.5, 0.6) is 5.75 Å². The summed E-state index contributed by atoms with van der Waals surface area (Å²) < 4.78 is 31.7. The molecule has 0 unspecified atom stereocenters. The average Bonchev–Trinajstić information content (AvgIpc) is 2.64. The van der Waals surface area contributed by atoms with E-state index in [0.29, 0.717) is 17.0 Å². The average molecular weight is 434 g/mol. The number of benzene rings is 1. The van der Waals surface area contributed by atoms with Crippen LogP contribution in [-0.4, -0.2) is 38.3 Å². The zero-order valence-electron chi connectivity index (χ0n) is 16.2. The molecular formula is C18H22N6O5S. The van der Waals surface area contributed by atoms with Crippen LogP contribution in [-0.2, 0) is 5.41 Å². The Hall–Kier alpha value is -3.35. The second-order valence-electron chi connectivity index (χ2n) is 7.26. The third-order valence-electron chi connectivity index (χ3n) is 4.47. The minimum Gasteiger partial charge on any atom is -0.492 e. The molecule has 0 saturated heterocycles. The molecule has 0 saturated carbocycles. The lowest BCUT2D eigenvalue weighted by molar-refractivity contribution is 0.0990. The summed E-state index contributed by atoms with van der Waals surface area (Å²) in [6, 6.07) is 6.27. The monoisotopic (exact) mass is 434 g/mol. The predicted molar refractivity (Wildman–Crippen MR) is 113 cm³/mol. The summed E-state index contributed by atoms with van der Waals surface area (Å²) in [7, 11) is -3.43. The van der Waals surface area contributed by atoms with Crippen molar-refractivity contribution in [3.63, 3.8) is 0 Å². The van der Waals surface area contributed by atoms with Gasteiger partial charge in [0.1, 0.15) is 11.4 Å². The van der Waals surface area contributed by atoms with Gasteiger partial charge in [-0.15, -0.1) is 4.40 Å². The number of amidine groups is 1. The molecule has 0 fully saturated rings. The van der Waals surface area contributed by atoms with Crippen molar-refractivity contribution in [3.05, 3.63) is 52.8 Å². The van der Waals surface area contributed by atoms with Crippen molar-refractivity contribution in [2.45, 2.75) is 19.3 Å². The molecule has 12 heteroatoms. The van der Waals surface area contributed by atoms with Crippen molar-refractivity contribution in [1.82, 2.24) is 4.98 Å². The quantitative estimate of drug-likeness (QED) is 0.391. The summed E-state index contributed by atoms with van der Waals surface area (Å²) in [5, 5.41) is 0. The van der Waals surface area contributed by atoms with E-state index in [4.69, 9.17) is 21.9 Å². The molecule has 2 heterocycles. The van der Waals surface area contributed by atoms with Gasteiger partial charge in [0.05, 0.1) is 17.9 Å². The van der Waals surface area contributed by atoms with Gasteiger partial charge >= 0.3 is 0 Å². The van der Waals surface area contributed by atoms with E-state index in [1.165, 1.54) is 12.3 Å². The van der Waals surface area contributed by atoms with Gasteiger partial charge < -0.3 is 21.9 Å². The standard InChI is InChI=1S/C18H22N6O5S/c1-18(2,13-9(16(20)25)6-7-22-14(13)17(21)26)8-29-11-5-3-4-10-12(11)15(19)24-30(27,28)23-10/h3-7,23,27-28H,8H2,1-2H3,(H2,19,24)(H2,20,25)(H2,21,26). The number of fused-ring (bicyclic) bond motifs is 1. The topological polar surface area (TPSA) is 199 Å². The van der Waals surface area contributed by atoms with Crippen molar-refractivity contribution in [3.8, 4) is 5.75 Å². The summed E-state index contributed by atoms with van der Waals surface area (Å²) in [5.74, 6) is -1.32. The number of carbonyl (C=O) groups excluding carboxylic acids is 2. The van der Waals surface area contributed by atoms with E-state index in [1.54, 1.807) is 32.0 Å². The molecule has 0 aliphatic carbocycles. The number of nitrogens with zero attached hydrogens (tertiary/aromatic N) is 2. The fourth-order valence-corrected chi connectivity index (χ4v) is 4.10. The van der Waals surface area contributed by atoms with Gasteiger partial charge in [0.2, 0.25) is 5.91 Å². The molecule has 1 aliphatic rings. The smallest absolute Gasteiger partial charge is 0.267 e. The Morgan fingerprint density at radius 3 is 2.53 bits per heavy atom. The second-order valence-corrected chi connectivity index (χ2v) is 8.68. The lowest BCUT2D eigenvalue weighted by Crippen LogP contribution is -2.34. The number of amides is 2. The Labute approximate surface area is 173 Å². The van der Waals surface area contributed by atoms with Gasteiger partial charge in [-0.05, 0) is 29.2 Å². The number of anilines is 1. The Morgan fingerprint density at radius 2 is 1.90 bits per heavy atom. The molecule has 1 aliphatic heterocycles. The summed E-state index contributed by atoms with van der Waals surface area (Å²) in [6.45, 7) is 3.47. The number of primary amides is 2. The number of pyridine rings is 1. The molecule has 1 aromatic heterocycles. The van der Waals surface area contributed by atoms with Crippen LogP contribution in [0.3, 0.4) is 0 Å². The molecule has 11 nitrogen and oxygen atoms in total. The van der Waals surface area contributed by atoms with Crippen molar-refractivity contribution in [1.29, 1.82) is 0 Å². The van der Waals surface area contributed by atoms with Gasteiger partial charge in [-0.1, -0.05) is 19.9 Å². The molecule has 1 aromatic carbocycles. The van der Waals surface area contributed by atoms with Crippen molar-refractivity contribution in [2.24, 2.45) is 21.6 Å². The summed E-state index contributed by atoms with van der Waals surface area (Å²) in [6.07, 6.45) is 1.29. The Bertz CT molecular complexity index is 1040. The first kappa shape index (κ1) is 21.4. The van der Waals surface area contributed by atoms with E-state index >= 15 is 0 Å². The van der Waals surface area contributed by atoms with E-state index in [0.717, 1.165) is 0 Å². The highest BCUT2D eigenvalue weighted by Crippen LogP contribution is 2.47. The maximum Gasteiger partial charge on any atom is 0.267 e.